The van der Waals surface area contributed by atoms with Crippen molar-refractivity contribution in [2.45, 2.75) is 19.3 Å². The summed E-state index contributed by atoms with van der Waals surface area (Å²) in [6, 6.07) is 15.3. The number of nitrogen functional groups attached to an aromatic ring is 1. The van der Waals surface area contributed by atoms with Gasteiger partial charge in [0.15, 0.2) is 0 Å². The van der Waals surface area contributed by atoms with Crippen LogP contribution < -0.4 is 16.0 Å². The average Bonchev–Trinajstić information content (AvgIpc) is 3.29. The van der Waals surface area contributed by atoms with Gasteiger partial charge in [-0.25, -0.2) is 4.98 Å². The maximum absolute atomic E-state index is 14.7. The first-order chi connectivity index (χ1) is 14.6. The molecule has 3 N–H and O–H groups in total. The zero-order chi connectivity index (χ0) is 20.7. The Hall–Kier alpha value is -3.41. The van der Waals surface area contributed by atoms with E-state index in [0.717, 1.165) is 41.9 Å². The third-order valence-electron chi connectivity index (χ3n) is 6.00. The van der Waals surface area contributed by atoms with Crippen molar-refractivity contribution in [2.24, 2.45) is 0 Å². The number of aromatic nitrogens is 1. The van der Waals surface area contributed by atoms with Crippen LogP contribution in [0.15, 0.2) is 48.5 Å². The number of nitrogens with two attached hydrogens (primary N) is 1. The van der Waals surface area contributed by atoms with Gasteiger partial charge in [-0.05, 0) is 60.2 Å². The molecular formula is C24H23FN4O. The third kappa shape index (κ3) is 3.28. The van der Waals surface area contributed by atoms with Gasteiger partial charge in [0.05, 0.1) is 0 Å². The minimum atomic E-state index is -0.581. The summed E-state index contributed by atoms with van der Waals surface area (Å²) >= 11 is 0. The lowest BCUT2D eigenvalue weighted by atomic mass is 9.94. The number of pyridine rings is 1. The molecule has 0 saturated carbocycles. The van der Waals surface area contributed by atoms with Gasteiger partial charge in [0.25, 0.3) is 5.91 Å². The number of halogens is 1. The molecule has 1 saturated heterocycles. The van der Waals surface area contributed by atoms with E-state index in [1.54, 1.807) is 12.1 Å². The van der Waals surface area contributed by atoms with Crippen LogP contribution in [0.25, 0.3) is 22.3 Å². The zero-order valence-corrected chi connectivity index (χ0v) is 16.6. The van der Waals surface area contributed by atoms with Crippen LogP contribution in [0.4, 0.5) is 15.9 Å². The Morgan fingerprint density at radius 3 is 2.43 bits per heavy atom. The first kappa shape index (κ1) is 18.6. The van der Waals surface area contributed by atoms with E-state index in [1.807, 2.05) is 36.4 Å². The molecule has 152 valence electrons. The number of nitrogens with zero attached hydrogens (tertiary/aromatic N) is 2. The Balaban J connectivity index is 1.52. The molecule has 1 amide bonds. The van der Waals surface area contributed by atoms with Gasteiger partial charge in [-0.2, -0.15) is 4.39 Å². The molecule has 2 aliphatic heterocycles. The van der Waals surface area contributed by atoms with Crippen LogP contribution in [0.2, 0.25) is 0 Å². The quantitative estimate of drug-likeness (QED) is 0.649. The number of fused-ring (bicyclic) bond motifs is 1. The zero-order valence-electron chi connectivity index (χ0n) is 16.6. The van der Waals surface area contributed by atoms with E-state index in [1.165, 1.54) is 12.8 Å². The highest BCUT2D eigenvalue weighted by atomic mass is 19.1. The van der Waals surface area contributed by atoms with Gasteiger partial charge in [-0.3, -0.25) is 4.79 Å². The molecule has 0 spiro atoms. The molecule has 1 fully saturated rings. The highest BCUT2D eigenvalue weighted by Crippen LogP contribution is 2.34. The Labute approximate surface area is 174 Å². The lowest BCUT2D eigenvalue weighted by Crippen LogP contribution is -2.31. The first-order valence-corrected chi connectivity index (χ1v) is 10.3. The van der Waals surface area contributed by atoms with Crippen LogP contribution in [0.5, 0.6) is 0 Å². The fourth-order valence-corrected chi connectivity index (χ4v) is 4.36. The van der Waals surface area contributed by atoms with E-state index in [-0.39, 0.29) is 11.7 Å². The number of nitrogens with one attached hydrogen (secondary N) is 1. The first-order valence-electron chi connectivity index (χ1n) is 10.3. The van der Waals surface area contributed by atoms with Gasteiger partial charge in [0.2, 0.25) is 5.95 Å². The number of benzene rings is 2. The largest absolute Gasteiger partial charge is 0.383 e. The lowest BCUT2D eigenvalue weighted by Gasteiger charge is -2.19. The van der Waals surface area contributed by atoms with Crippen molar-refractivity contribution in [3.8, 4) is 22.3 Å². The van der Waals surface area contributed by atoms with Crippen LogP contribution in [0, 0.1) is 5.95 Å². The van der Waals surface area contributed by atoms with Crippen LogP contribution >= 0.6 is 0 Å². The van der Waals surface area contributed by atoms with Gasteiger partial charge in [-0.1, -0.05) is 24.3 Å². The summed E-state index contributed by atoms with van der Waals surface area (Å²) in [5.74, 6) is -0.501. The monoisotopic (exact) mass is 402 g/mol. The van der Waals surface area contributed by atoms with Crippen molar-refractivity contribution in [3.63, 3.8) is 0 Å². The molecule has 0 bridgehead atoms. The smallest absolute Gasteiger partial charge is 0.251 e. The topological polar surface area (TPSA) is 71.2 Å². The van der Waals surface area contributed by atoms with Gasteiger partial charge in [0.1, 0.15) is 5.82 Å². The molecule has 5 rings (SSSR count). The van der Waals surface area contributed by atoms with Crippen LogP contribution in [0.1, 0.15) is 28.8 Å². The molecule has 3 heterocycles. The molecule has 6 heteroatoms. The summed E-state index contributed by atoms with van der Waals surface area (Å²) < 4.78 is 14.7. The van der Waals surface area contributed by atoms with Crippen LogP contribution in [-0.2, 0) is 6.42 Å². The van der Waals surface area contributed by atoms with Crippen LogP contribution in [-0.4, -0.2) is 30.5 Å². The van der Waals surface area contributed by atoms with Crippen molar-refractivity contribution in [1.82, 2.24) is 10.3 Å². The summed E-state index contributed by atoms with van der Waals surface area (Å²) in [4.78, 5) is 18.3. The van der Waals surface area contributed by atoms with Gasteiger partial charge >= 0.3 is 0 Å². The Bertz CT molecular complexity index is 1120. The highest BCUT2D eigenvalue weighted by Gasteiger charge is 2.19. The van der Waals surface area contributed by atoms with Crippen molar-refractivity contribution < 1.29 is 9.18 Å². The Morgan fingerprint density at radius 2 is 1.67 bits per heavy atom. The number of carbonyl (C=O) groups excluding carboxylic acids is 1. The van der Waals surface area contributed by atoms with Gasteiger partial charge in [0, 0.05) is 42.0 Å². The standard InChI is InChI=1S/C24H23FN4O/c25-22-20(15-3-6-18(7-4-15)29-11-1-2-12-29)14-21(23(26)28-22)16-5-8-19-17(13-16)9-10-27-24(19)30/h3-8,13-14H,1-2,9-12H2,(H2,26,28)(H,27,30). The highest BCUT2D eigenvalue weighted by molar-refractivity contribution is 5.97. The molecular weight excluding hydrogens is 379 g/mol. The minimum absolute atomic E-state index is 0.0632. The molecule has 0 unspecified atom stereocenters. The molecule has 1 aromatic heterocycles. The molecule has 0 aliphatic carbocycles. The number of anilines is 2. The fourth-order valence-electron chi connectivity index (χ4n) is 4.36. The molecule has 3 aromatic rings. The summed E-state index contributed by atoms with van der Waals surface area (Å²) in [6.45, 7) is 2.75. The number of hydrogen-bond acceptors (Lipinski definition) is 4. The fraction of sp³-hybridized carbons (Fsp3) is 0.250. The normalized spacial score (nSPS) is 15.8. The average molecular weight is 402 g/mol. The summed E-state index contributed by atoms with van der Waals surface area (Å²) in [6.07, 6.45) is 3.18. The second-order valence-electron chi connectivity index (χ2n) is 7.88. The molecule has 5 nitrogen and oxygen atoms in total. The van der Waals surface area contributed by atoms with E-state index >= 15 is 0 Å². The lowest BCUT2D eigenvalue weighted by molar-refractivity contribution is 0.0946. The van der Waals surface area contributed by atoms with E-state index in [4.69, 9.17) is 5.73 Å². The van der Waals surface area contributed by atoms with Crippen molar-refractivity contribution in [2.75, 3.05) is 30.3 Å². The maximum atomic E-state index is 14.7. The van der Waals surface area contributed by atoms with Crippen molar-refractivity contribution in [3.05, 3.63) is 65.6 Å². The maximum Gasteiger partial charge on any atom is 0.251 e. The van der Waals surface area contributed by atoms with Crippen LogP contribution in [0.3, 0.4) is 0 Å². The predicted molar refractivity (Wildman–Crippen MR) is 117 cm³/mol. The summed E-state index contributed by atoms with van der Waals surface area (Å²) in [5.41, 5.74) is 11.6. The minimum Gasteiger partial charge on any atom is -0.383 e. The Kier molecular flexibility index (Phi) is 4.62. The van der Waals surface area contributed by atoms with Gasteiger partial charge < -0.3 is 16.0 Å². The third-order valence-corrected chi connectivity index (χ3v) is 6.00. The van der Waals surface area contributed by atoms with E-state index < -0.39 is 5.95 Å². The summed E-state index contributed by atoms with van der Waals surface area (Å²) in [5, 5.41) is 2.84. The van der Waals surface area contributed by atoms with Crippen molar-refractivity contribution in [1.29, 1.82) is 0 Å². The summed E-state index contributed by atoms with van der Waals surface area (Å²) in [7, 11) is 0. The van der Waals surface area contributed by atoms with E-state index in [2.05, 4.69) is 15.2 Å². The number of hydrogen-bond donors (Lipinski definition) is 2. The Morgan fingerprint density at radius 1 is 0.933 bits per heavy atom. The molecule has 2 aliphatic rings. The van der Waals surface area contributed by atoms with Crippen molar-refractivity contribution >= 4 is 17.4 Å². The molecule has 0 radical (unpaired) electrons. The SMILES string of the molecule is Nc1nc(F)c(-c2ccc(N3CCCC3)cc2)cc1-c1ccc2c(c1)CCNC2=O. The van der Waals surface area contributed by atoms with Gasteiger partial charge in [-0.15, -0.1) is 0 Å². The number of amides is 1. The number of carbonyl (C=O) groups is 1. The number of rotatable bonds is 3. The molecule has 30 heavy (non-hydrogen) atoms. The molecule has 0 atom stereocenters. The van der Waals surface area contributed by atoms with E-state index in [0.29, 0.717) is 23.2 Å². The predicted octanol–water partition coefficient (Wildman–Crippen LogP) is 4.02. The van der Waals surface area contributed by atoms with E-state index in [9.17, 15) is 9.18 Å². The molecule has 2 aromatic carbocycles. The second kappa shape index (κ2) is 7.44. The second-order valence-corrected chi connectivity index (χ2v) is 7.88.